The average molecular weight is 416 g/mol. The molecule has 4 rings (SSSR count). The number of ether oxygens (including phenoxy) is 2. The molecule has 0 bridgehead atoms. The second-order valence-electron chi connectivity index (χ2n) is 7.02. The monoisotopic (exact) mass is 416 g/mol. The van der Waals surface area contributed by atoms with Gasteiger partial charge in [-0.2, -0.15) is 0 Å². The van der Waals surface area contributed by atoms with Crippen LogP contribution in [0.3, 0.4) is 0 Å². The second kappa shape index (κ2) is 9.34. The predicted molar refractivity (Wildman–Crippen MR) is 120 cm³/mol. The number of carboxylic acid groups (broad SMARTS) is 1. The summed E-state index contributed by atoms with van der Waals surface area (Å²) in [5, 5.41) is 10.6. The molecular weight excluding hydrogens is 392 g/mol. The molecule has 6 nitrogen and oxygen atoms in total. The van der Waals surface area contributed by atoms with Crippen molar-refractivity contribution in [3.63, 3.8) is 0 Å². The maximum atomic E-state index is 12.0. The van der Waals surface area contributed by atoms with Crippen LogP contribution in [0, 0.1) is 0 Å². The second-order valence-corrected chi connectivity index (χ2v) is 7.02. The third-order valence-electron chi connectivity index (χ3n) is 5.01. The lowest BCUT2D eigenvalue weighted by Crippen LogP contribution is -2.12. The molecule has 2 aromatic heterocycles. The van der Waals surface area contributed by atoms with Crippen LogP contribution < -0.4 is 4.74 Å². The first-order chi connectivity index (χ1) is 15.2. The van der Waals surface area contributed by atoms with Crippen molar-refractivity contribution in [2.75, 3.05) is 13.2 Å². The topological polar surface area (TPSA) is 73.6 Å². The minimum atomic E-state index is -0.983. The molecule has 1 N–H and O–H groups in total. The lowest BCUT2D eigenvalue weighted by Gasteiger charge is -2.11. The lowest BCUT2D eigenvalue weighted by atomic mass is 10.1. The van der Waals surface area contributed by atoms with E-state index in [2.05, 4.69) is 4.98 Å². The van der Waals surface area contributed by atoms with E-state index >= 15 is 0 Å². The number of aromatic nitrogens is 2. The molecule has 6 heteroatoms. The van der Waals surface area contributed by atoms with Crippen molar-refractivity contribution in [2.24, 2.45) is 0 Å². The SMILES string of the molecule is CCOc1cccc(-c2nccc3c2cc(C(=O)O)n3CCOC2=CCC=CC=C2)c1. The van der Waals surface area contributed by atoms with Crippen LogP contribution in [0.1, 0.15) is 23.8 Å². The summed E-state index contributed by atoms with van der Waals surface area (Å²) in [6, 6.07) is 11.2. The van der Waals surface area contributed by atoms with Crippen LogP contribution in [-0.2, 0) is 11.3 Å². The summed E-state index contributed by atoms with van der Waals surface area (Å²) in [6.07, 6.45) is 12.4. The summed E-state index contributed by atoms with van der Waals surface area (Å²) in [6.45, 7) is 3.27. The third kappa shape index (κ3) is 4.53. The Morgan fingerprint density at radius 1 is 1.19 bits per heavy atom. The number of fused-ring (bicyclic) bond motifs is 1. The van der Waals surface area contributed by atoms with Crippen molar-refractivity contribution < 1.29 is 19.4 Å². The van der Waals surface area contributed by atoms with Gasteiger partial charge in [0.25, 0.3) is 0 Å². The van der Waals surface area contributed by atoms with Gasteiger partial charge >= 0.3 is 5.97 Å². The summed E-state index contributed by atoms with van der Waals surface area (Å²) in [7, 11) is 0. The summed E-state index contributed by atoms with van der Waals surface area (Å²) in [4.78, 5) is 16.5. The van der Waals surface area contributed by atoms with E-state index < -0.39 is 5.97 Å². The molecule has 3 aromatic rings. The van der Waals surface area contributed by atoms with E-state index in [1.54, 1.807) is 16.8 Å². The zero-order chi connectivity index (χ0) is 21.6. The first-order valence-corrected chi connectivity index (χ1v) is 10.3. The van der Waals surface area contributed by atoms with E-state index in [1.165, 1.54) is 0 Å². The van der Waals surface area contributed by atoms with Crippen LogP contribution in [0.25, 0.3) is 22.2 Å². The molecule has 0 atom stereocenters. The highest BCUT2D eigenvalue weighted by Crippen LogP contribution is 2.31. The van der Waals surface area contributed by atoms with Crippen LogP contribution in [0.15, 0.2) is 78.7 Å². The number of carbonyl (C=O) groups is 1. The van der Waals surface area contributed by atoms with Crippen LogP contribution in [-0.4, -0.2) is 33.8 Å². The van der Waals surface area contributed by atoms with Crippen LogP contribution in [0.2, 0.25) is 0 Å². The molecule has 1 aromatic carbocycles. The summed E-state index contributed by atoms with van der Waals surface area (Å²) in [5.41, 5.74) is 2.62. The van der Waals surface area contributed by atoms with Gasteiger partial charge in [0.1, 0.15) is 23.8 Å². The van der Waals surface area contributed by atoms with E-state index in [0.29, 0.717) is 19.8 Å². The summed E-state index contributed by atoms with van der Waals surface area (Å²) >= 11 is 0. The van der Waals surface area contributed by atoms with E-state index in [1.807, 2.05) is 67.6 Å². The maximum absolute atomic E-state index is 12.0. The van der Waals surface area contributed by atoms with E-state index in [9.17, 15) is 9.90 Å². The molecule has 0 aliphatic heterocycles. The fourth-order valence-electron chi connectivity index (χ4n) is 3.65. The molecule has 1 aliphatic carbocycles. The van der Waals surface area contributed by atoms with Gasteiger partial charge in [0.15, 0.2) is 0 Å². The van der Waals surface area contributed by atoms with Crippen molar-refractivity contribution in [2.45, 2.75) is 19.9 Å². The smallest absolute Gasteiger partial charge is 0.352 e. The maximum Gasteiger partial charge on any atom is 0.352 e. The molecule has 0 spiro atoms. The Morgan fingerprint density at radius 2 is 2.10 bits per heavy atom. The van der Waals surface area contributed by atoms with Crippen molar-refractivity contribution in [1.29, 1.82) is 0 Å². The van der Waals surface area contributed by atoms with Gasteiger partial charge in [0.2, 0.25) is 0 Å². The van der Waals surface area contributed by atoms with Gasteiger partial charge in [-0.25, -0.2) is 4.79 Å². The molecule has 0 radical (unpaired) electrons. The number of rotatable bonds is 8. The molecule has 2 heterocycles. The Bertz CT molecular complexity index is 1190. The number of allylic oxidation sites excluding steroid dienone is 5. The van der Waals surface area contributed by atoms with E-state index in [0.717, 1.165) is 40.1 Å². The minimum absolute atomic E-state index is 0.209. The van der Waals surface area contributed by atoms with Gasteiger partial charge in [-0.05, 0) is 49.8 Å². The fourth-order valence-corrected chi connectivity index (χ4v) is 3.65. The van der Waals surface area contributed by atoms with Gasteiger partial charge in [0, 0.05) is 17.1 Å². The van der Waals surface area contributed by atoms with Crippen molar-refractivity contribution in [3.05, 3.63) is 84.4 Å². The molecule has 0 amide bonds. The number of hydrogen-bond donors (Lipinski definition) is 1. The molecule has 0 saturated carbocycles. The van der Waals surface area contributed by atoms with E-state index in [-0.39, 0.29) is 5.69 Å². The number of carboxylic acids is 1. The lowest BCUT2D eigenvalue weighted by molar-refractivity contribution is 0.0684. The van der Waals surface area contributed by atoms with Gasteiger partial charge in [-0.1, -0.05) is 30.4 Å². The number of aromatic carboxylic acids is 1. The predicted octanol–water partition coefficient (Wildman–Crippen LogP) is 5.22. The van der Waals surface area contributed by atoms with Crippen LogP contribution in [0.5, 0.6) is 5.75 Å². The van der Waals surface area contributed by atoms with Gasteiger partial charge in [0.05, 0.1) is 24.4 Å². The molecule has 0 fully saturated rings. The quantitative estimate of drug-likeness (QED) is 0.545. The molecular formula is C25H24N2O4. The first-order valence-electron chi connectivity index (χ1n) is 10.3. The summed E-state index contributed by atoms with van der Waals surface area (Å²) in [5.74, 6) is 0.556. The third-order valence-corrected chi connectivity index (χ3v) is 5.01. The summed E-state index contributed by atoms with van der Waals surface area (Å²) < 4.78 is 13.2. The Morgan fingerprint density at radius 3 is 2.94 bits per heavy atom. The minimum Gasteiger partial charge on any atom is -0.494 e. The number of pyridine rings is 1. The Kier molecular flexibility index (Phi) is 6.17. The zero-order valence-corrected chi connectivity index (χ0v) is 17.3. The largest absolute Gasteiger partial charge is 0.494 e. The normalized spacial score (nSPS) is 13.1. The van der Waals surface area contributed by atoms with E-state index in [4.69, 9.17) is 9.47 Å². The Hall–Kier alpha value is -3.80. The van der Waals surface area contributed by atoms with Gasteiger partial charge in [-0.3, -0.25) is 4.98 Å². The fraction of sp³-hybridized carbons (Fsp3) is 0.200. The van der Waals surface area contributed by atoms with Crippen molar-refractivity contribution in [3.8, 4) is 17.0 Å². The van der Waals surface area contributed by atoms with Gasteiger partial charge < -0.3 is 19.1 Å². The Labute approximate surface area is 180 Å². The van der Waals surface area contributed by atoms with Crippen LogP contribution >= 0.6 is 0 Å². The Balaban J connectivity index is 1.67. The average Bonchev–Trinajstić information content (AvgIpc) is 2.95. The van der Waals surface area contributed by atoms with Crippen molar-refractivity contribution >= 4 is 16.9 Å². The number of hydrogen-bond acceptors (Lipinski definition) is 4. The highest BCUT2D eigenvalue weighted by Gasteiger charge is 2.18. The molecule has 31 heavy (non-hydrogen) atoms. The molecule has 0 saturated heterocycles. The van der Waals surface area contributed by atoms with Crippen LogP contribution in [0.4, 0.5) is 0 Å². The molecule has 1 aliphatic rings. The highest BCUT2D eigenvalue weighted by atomic mass is 16.5. The first kappa shape index (κ1) is 20.5. The zero-order valence-electron chi connectivity index (χ0n) is 17.3. The molecule has 158 valence electrons. The number of benzene rings is 1. The number of nitrogens with zero attached hydrogens (tertiary/aromatic N) is 2. The molecule has 0 unspecified atom stereocenters. The van der Waals surface area contributed by atoms with Gasteiger partial charge in [-0.15, -0.1) is 0 Å². The van der Waals surface area contributed by atoms with Crippen molar-refractivity contribution in [1.82, 2.24) is 9.55 Å². The highest BCUT2D eigenvalue weighted by molar-refractivity contribution is 6.00. The standard InChI is InChI=1S/C25H24N2O4/c1-2-30-20-11-7-8-18(16-20)24-21-17-23(25(28)29)27(22(21)12-13-26-24)14-15-31-19-9-5-3-4-6-10-19/h3-5,7-13,16-17H,2,6,14-15H2,1H3,(H,28,29).